The van der Waals surface area contributed by atoms with Gasteiger partial charge in [-0.1, -0.05) is 0 Å². The monoisotopic (exact) mass is 332 g/mol. The highest BCUT2D eigenvalue weighted by molar-refractivity contribution is 7.98. The highest BCUT2D eigenvalue weighted by Crippen LogP contribution is 2.19. The average Bonchev–Trinajstić information content (AvgIpc) is 2.45. The zero-order valence-electron chi connectivity index (χ0n) is 12.1. The Balaban J connectivity index is 2.90. The lowest BCUT2D eigenvalue weighted by molar-refractivity contribution is 0.0596. The maximum atomic E-state index is 12.3. The number of carbonyl (C=O) groups excluding carboxylic acids is 1. The van der Waals surface area contributed by atoms with E-state index in [1.165, 1.54) is 25.3 Å². The maximum absolute atomic E-state index is 12.3. The van der Waals surface area contributed by atoms with Gasteiger partial charge in [-0.05, 0) is 43.0 Å². The molecule has 0 bridgehead atoms. The van der Waals surface area contributed by atoms with Gasteiger partial charge in [0.15, 0.2) is 0 Å². The lowest BCUT2D eigenvalue weighted by atomic mass is 10.2. The fourth-order valence-corrected chi connectivity index (χ4v) is 3.45. The van der Waals surface area contributed by atoms with Gasteiger partial charge in [-0.15, -0.1) is 0 Å². The number of benzene rings is 1. The zero-order chi connectivity index (χ0) is 15.9. The second-order valence-corrected chi connectivity index (χ2v) is 7.07. The highest BCUT2D eigenvalue weighted by atomic mass is 32.2. The van der Waals surface area contributed by atoms with Crippen molar-refractivity contribution in [3.8, 4) is 0 Å². The van der Waals surface area contributed by atoms with Crippen LogP contribution >= 0.6 is 11.8 Å². The van der Waals surface area contributed by atoms with Crippen molar-refractivity contribution in [1.82, 2.24) is 4.72 Å². The molecule has 1 aromatic rings. The van der Waals surface area contributed by atoms with Gasteiger partial charge in [0, 0.05) is 12.2 Å². The molecule has 0 saturated carbocycles. The van der Waals surface area contributed by atoms with Gasteiger partial charge in [0.25, 0.3) is 0 Å². The Morgan fingerprint density at radius 2 is 2.10 bits per heavy atom. The minimum Gasteiger partial charge on any atom is -0.465 e. The number of rotatable bonds is 8. The van der Waals surface area contributed by atoms with E-state index in [4.69, 9.17) is 5.73 Å². The number of sulfonamides is 1. The Morgan fingerprint density at radius 1 is 1.38 bits per heavy atom. The molecule has 0 spiro atoms. The molecule has 0 aliphatic carbocycles. The molecule has 21 heavy (non-hydrogen) atoms. The summed E-state index contributed by atoms with van der Waals surface area (Å²) in [5, 5.41) is 0. The molecule has 6 nitrogen and oxygen atoms in total. The van der Waals surface area contributed by atoms with Crippen LogP contribution in [-0.2, 0) is 14.8 Å². The molecular weight excluding hydrogens is 312 g/mol. The molecule has 3 N–H and O–H groups in total. The van der Waals surface area contributed by atoms with E-state index >= 15 is 0 Å². The number of nitrogen functional groups attached to an aromatic ring is 1. The minimum absolute atomic E-state index is 0.0610. The topological polar surface area (TPSA) is 98.5 Å². The molecule has 1 aromatic carbocycles. The van der Waals surface area contributed by atoms with Crippen LogP contribution < -0.4 is 10.5 Å². The van der Waals surface area contributed by atoms with Gasteiger partial charge in [-0.3, -0.25) is 0 Å². The van der Waals surface area contributed by atoms with Crippen molar-refractivity contribution >= 4 is 33.4 Å². The summed E-state index contributed by atoms with van der Waals surface area (Å²) in [6, 6.07) is 4.05. The first kappa shape index (κ1) is 17.8. The van der Waals surface area contributed by atoms with E-state index < -0.39 is 16.0 Å². The summed E-state index contributed by atoms with van der Waals surface area (Å²) in [7, 11) is -2.57. The maximum Gasteiger partial charge on any atom is 0.339 e. The van der Waals surface area contributed by atoms with Crippen molar-refractivity contribution in [2.75, 3.05) is 31.4 Å². The number of esters is 1. The largest absolute Gasteiger partial charge is 0.465 e. The third kappa shape index (κ3) is 5.22. The molecule has 0 heterocycles. The number of ether oxygens (including phenoxy) is 1. The molecule has 0 unspecified atom stereocenters. The average molecular weight is 332 g/mol. The number of anilines is 1. The van der Waals surface area contributed by atoms with Crippen molar-refractivity contribution in [3.63, 3.8) is 0 Å². The molecule has 0 amide bonds. The third-order valence-corrected chi connectivity index (χ3v) is 4.98. The summed E-state index contributed by atoms with van der Waals surface area (Å²) < 4.78 is 31.6. The summed E-state index contributed by atoms with van der Waals surface area (Å²) >= 11 is 1.71. The number of nitrogens with one attached hydrogen (secondary N) is 1. The number of hydrogen-bond acceptors (Lipinski definition) is 6. The number of unbranched alkanes of at least 4 members (excludes halogenated alkanes) is 1. The van der Waals surface area contributed by atoms with Crippen LogP contribution in [0.15, 0.2) is 23.1 Å². The molecule has 8 heteroatoms. The van der Waals surface area contributed by atoms with Gasteiger partial charge in [-0.2, -0.15) is 11.8 Å². The quantitative estimate of drug-likeness (QED) is 0.425. The van der Waals surface area contributed by atoms with Crippen molar-refractivity contribution < 1.29 is 17.9 Å². The molecule has 0 fully saturated rings. The summed E-state index contributed by atoms with van der Waals surface area (Å²) in [6.07, 6.45) is 3.67. The molecule has 0 aromatic heterocycles. The van der Waals surface area contributed by atoms with Crippen molar-refractivity contribution in [3.05, 3.63) is 23.8 Å². The first-order valence-electron chi connectivity index (χ1n) is 6.39. The lowest BCUT2D eigenvalue weighted by Gasteiger charge is -2.11. The number of nitrogens with two attached hydrogens (primary N) is 1. The number of thioether (sulfide) groups is 1. The van der Waals surface area contributed by atoms with E-state index in [0.29, 0.717) is 12.2 Å². The van der Waals surface area contributed by atoms with Crippen molar-refractivity contribution in [1.29, 1.82) is 0 Å². The predicted octanol–water partition coefficient (Wildman–Crippen LogP) is 1.48. The number of carbonyl (C=O) groups is 1. The molecule has 1 rings (SSSR count). The van der Waals surface area contributed by atoms with Crippen LogP contribution in [0, 0.1) is 0 Å². The molecule has 0 saturated heterocycles. The number of hydrogen-bond donors (Lipinski definition) is 2. The summed E-state index contributed by atoms with van der Waals surface area (Å²) in [4.78, 5) is 11.6. The van der Waals surface area contributed by atoms with E-state index in [1.807, 2.05) is 6.26 Å². The molecule has 118 valence electrons. The second-order valence-electron chi connectivity index (χ2n) is 4.34. The molecule has 0 aliphatic heterocycles. The van der Waals surface area contributed by atoms with E-state index in [0.717, 1.165) is 18.6 Å². The van der Waals surface area contributed by atoms with Gasteiger partial charge in [-0.25, -0.2) is 17.9 Å². The Kier molecular flexibility index (Phi) is 7.00. The Morgan fingerprint density at radius 3 is 2.71 bits per heavy atom. The fourth-order valence-electron chi connectivity index (χ4n) is 1.71. The van der Waals surface area contributed by atoms with Crippen molar-refractivity contribution in [2.45, 2.75) is 17.7 Å². The Hall–Kier alpha value is -1.25. The van der Waals surface area contributed by atoms with Crippen molar-refractivity contribution in [2.24, 2.45) is 0 Å². The third-order valence-electron chi connectivity index (χ3n) is 2.77. The van der Waals surface area contributed by atoms with E-state index in [1.54, 1.807) is 11.8 Å². The van der Waals surface area contributed by atoms with Crippen LogP contribution in [-0.4, -0.2) is 40.1 Å². The molecular formula is C13H20N2O4S2. The van der Waals surface area contributed by atoms with Gasteiger partial charge >= 0.3 is 5.97 Å². The summed E-state index contributed by atoms with van der Waals surface area (Å²) in [5.74, 6) is 0.252. The summed E-state index contributed by atoms with van der Waals surface area (Å²) in [6.45, 7) is 0.327. The smallest absolute Gasteiger partial charge is 0.339 e. The lowest BCUT2D eigenvalue weighted by Crippen LogP contribution is -2.27. The fraction of sp³-hybridized carbons (Fsp3) is 0.462. The zero-order valence-corrected chi connectivity index (χ0v) is 13.7. The van der Waals surface area contributed by atoms with Gasteiger partial charge in [0.2, 0.25) is 10.0 Å². The standard InChI is InChI=1S/C13H20N2O4S2/c1-19-13(16)11-9-10(14)5-6-12(11)21(17,18)15-7-3-4-8-20-2/h5-6,9,15H,3-4,7-8,14H2,1-2H3. The predicted molar refractivity (Wildman–Crippen MR) is 85.0 cm³/mol. The second kappa shape index (κ2) is 8.26. The van der Waals surface area contributed by atoms with Gasteiger partial charge in [0.1, 0.15) is 0 Å². The van der Waals surface area contributed by atoms with Gasteiger partial charge in [0.05, 0.1) is 17.6 Å². The molecule has 0 radical (unpaired) electrons. The normalized spacial score (nSPS) is 11.3. The first-order chi connectivity index (χ1) is 9.92. The van der Waals surface area contributed by atoms with E-state index in [-0.39, 0.29) is 10.5 Å². The Bertz CT molecular complexity index is 588. The highest BCUT2D eigenvalue weighted by Gasteiger charge is 2.22. The van der Waals surface area contributed by atoms with Crippen LogP contribution in [0.2, 0.25) is 0 Å². The van der Waals surface area contributed by atoms with Crippen LogP contribution in [0.3, 0.4) is 0 Å². The van der Waals surface area contributed by atoms with Crippen LogP contribution in [0.5, 0.6) is 0 Å². The molecule has 0 atom stereocenters. The van der Waals surface area contributed by atoms with Crippen LogP contribution in [0.25, 0.3) is 0 Å². The SMILES string of the molecule is COC(=O)c1cc(N)ccc1S(=O)(=O)NCCCCSC. The molecule has 0 aliphatic rings. The van der Waals surface area contributed by atoms with E-state index in [9.17, 15) is 13.2 Å². The Labute approximate surface area is 129 Å². The van der Waals surface area contributed by atoms with Crippen LogP contribution in [0.4, 0.5) is 5.69 Å². The van der Waals surface area contributed by atoms with E-state index in [2.05, 4.69) is 9.46 Å². The van der Waals surface area contributed by atoms with Crippen LogP contribution in [0.1, 0.15) is 23.2 Å². The number of methoxy groups -OCH3 is 1. The first-order valence-corrected chi connectivity index (χ1v) is 9.26. The summed E-state index contributed by atoms with van der Waals surface area (Å²) in [5.41, 5.74) is 5.83. The minimum atomic E-state index is -3.76. The van der Waals surface area contributed by atoms with Gasteiger partial charge < -0.3 is 10.5 Å².